The van der Waals surface area contributed by atoms with Gasteiger partial charge in [-0.1, -0.05) is 26.0 Å². The van der Waals surface area contributed by atoms with Crippen LogP contribution in [0.1, 0.15) is 55.1 Å². The van der Waals surface area contributed by atoms with E-state index < -0.39 is 0 Å². The van der Waals surface area contributed by atoms with E-state index in [9.17, 15) is 0 Å². The number of benzene rings is 1. The number of amidine groups is 1. The third kappa shape index (κ3) is 4.29. The number of nitrogens with two attached hydrogens (primary N) is 1. The fourth-order valence-corrected chi connectivity index (χ4v) is 4.09. The van der Waals surface area contributed by atoms with Crippen LogP contribution in [0, 0.1) is 24.2 Å². The van der Waals surface area contributed by atoms with Gasteiger partial charge in [-0.15, -0.1) is 0 Å². The minimum atomic E-state index is 0.319. The molecule has 1 saturated carbocycles. The summed E-state index contributed by atoms with van der Waals surface area (Å²) in [6.45, 7) is 7.07. The zero-order valence-corrected chi connectivity index (χ0v) is 19.7. The Labute approximate surface area is 199 Å². The normalized spacial score (nSPS) is 15.7. The van der Waals surface area contributed by atoms with Gasteiger partial charge in [-0.25, -0.2) is 19.3 Å². The molecular formula is C26H28N8. The fraction of sp³-hybridized carbons (Fsp3) is 0.346. The van der Waals surface area contributed by atoms with Crippen LogP contribution in [-0.4, -0.2) is 31.6 Å². The maximum atomic E-state index is 9.17. The molecule has 34 heavy (non-hydrogen) atoms. The van der Waals surface area contributed by atoms with E-state index in [1.54, 1.807) is 6.08 Å². The summed E-state index contributed by atoms with van der Waals surface area (Å²) in [7, 11) is 0. The Hall–Kier alpha value is -3.99. The third-order valence-electron chi connectivity index (χ3n) is 6.18. The number of nitriles is 1. The molecule has 8 heteroatoms. The zero-order chi connectivity index (χ0) is 23.8. The highest BCUT2D eigenvalue weighted by atomic mass is 15.3. The molecule has 8 nitrogen and oxygen atoms in total. The summed E-state index contributed by atoms with van der Waals surface area (Å²) in [5.74, 6) is 2.71. The molecule has 5 rings (SSSR count). The molecule has 1 aromatic carbocycles. The molecule has 0 bridgehead atoms. The molecule has 1 aliphatic carbocycles. The predicted octanol–water partition coefficient (Wildman–Crippen LogP) is 4.57. The first kappa shape index (κ1) is 21.8. The number of fused-ring (bicyclic) bond motifs is 1. The number of aryl methyl sites for hydroxylation is 1. The summed E-state index contributed by atoms with van der Waals surface area (Å²) in [6.07, 6.45) is 6.63. The monoisotopic (exact) mass is 452 g/mol. The molecule has 0 spiro atoms. The molecule has 0 radical (unpaired) electrons. The van der Waals surface area contributed by atoms with Gasteiger partial charge in [0, 0.05) is 42.1 Å². The molecule has 0 amide bonds. The molecule has 172 valence electrons. The molecule has 3 aromatic rings. The van der Waals surface area contributed by atoms with Crippen LogP contribution in [0.3, 0.4) is 0 Å². The SMILES string of the molecule is Cc1cc(C(C)C)nn1C1=CC(N)=Nc2c(c(-c3ccc(C#N)cc3)nn2CC2CC2)CC=N1. The molecule has 2 N–H and O–H groups in total. The average Bonchev–Trinajstić information content (AvgIpc) is 3.44. The highest BCUT2D eigenvalue weighted by Crippen LogP contribution is 2.36. The average molecular weight is 453 g/mol. The first-order valence-electron chi connectivity index (χ1n) is 11.7. The molecule has 0 unspecified atom stereocenters. The molecule has 1 fully saturated rings. The van der Waals surface area contributed by atoms with Gasteiger partial charge >= 0.3 is 0 Å². The zero-order valence-electron chi connectivity index (χ0n) is 19.7. The molecule has 2 aliphatic rings. The molecule has 2 aromatic heterocycles. The van der Waals surface area contributed by atoms with Crippen molar-refractivity contribution in [1.82, 2.24) is 19.6 Å². The molecular weight excluding hydrogens is 424 g/mol. The van der Waals surface area contributed by atoms with Gasteiger partial charge in [-0.05, 0) is 49.8 Å². The van der Waals surface area contributed by atoms with Crippen molar-refractivity contribution in [1.29, 1.82) is 5.26 Å². The van der Waals surface area contributed by atoms with Crippen molar-refractivity contribution < 1.29 is 0 Å². The largest absolute Gasteiger partial charge is 0.384 e. The van der Waals surface area contributed by atoms with Gasteiger partial charge in [0.25, 0.3) is 0 Å². The summed E-state index contributed by atoms with van der Waals surface area (Å²) in [4.78, 5) is 9.55. The Morgan fingerprint density at radius 2 is 1.94 bits per heavy atom. The number of hydrogen-bond acceptors (Lipinski definition) is 6. The first-order chi connectivity index (χ1) is 16.4. The van der Waals surface area contributed by atoms with Crippen LogP contribution in [0.25, 0.3) is 17.1 Å². The van der Waals surface area contributed by atoms with E-state index >= 15 is 0 Å². The molecule has 3 heterocycles. The molecule has 0 atom stereocenters. The Morgan fingerprint density at radius 1 is 1.18 bits per heavy atom. The number of aliphatic imine (C=N–C) groups is 2. The summed E-state index contributed by atoms with van der Waals surface area (Å²) in [5.41, 5.74) is 11.8. The smallest absolute Gasteiger partial charge is 0.157 e. The highest BCUT2D eigenvalue weighted by Gasteiger charge is 2.26. The van der Waals surface area contributed by atoms with Crippen LogP contribution in [0.15, 0.2) is 46.4 Å². The van der Waals surface area contributed by atoms with Crippen molar-refractivity contribution in [2.45, 2.75) is 52.5 Å². The first-order valence-corrected chi connectivity index (χ1v) is 11.7. The predicted molar refractivity (Wildman–Crippen MR) is 134 cm³/mol. The van der Waals surface area contributed by atoms with Gasteiger partial charge in [0.1, 0.15) is 5.84 Å². The van der Waals surface area contributed by atoms with Crippen LogP contribution in [0.5, 0.6) is 0 Å². The lowest BCUT2D eigenvalue weighted by atomic mass is 10.0. The van der Waals surface area contributed by atoms with E-state index in [4.69, 9.17) is 31.2 Å². The number of aromatic nitrogens is 4. The van der Waals surface area contributed by atoms with Crippen molar-refractivity contribution in [3.8, 4) is 17.3 Å². The fourth-order valence-electron chi connectivity index (χ4n) is 4.09. The van der Waals surface area contributed by atoms with Crippen molar-refractivity contribution >= 4 is 23.7 Å². The Kier molecular flexibility index (Phi) is 5.62. The van der Waals surface area contributed by atoms with Crippen molar-refractivity contribution in [2.75, 3.05) is 0 Å². The van der Waals surface area contributed by atoms with E-state index in [-0.39, 0.29) is 0 Å². The van der Waals surface area contributed by atoms with E-state index in [1.165, 1.54) is 12.8 Å². The van der Waals surface area contributed by atoms with Crippen LogP contribution in [0.4, 0.5) is 5.82 Å². The lowest BCUT2D eigenvalue weighted by Gasteiger charge is -2.05. The van der Waals surface area contributed by atoms with Crippen LogP contribution in [0.2, 0.25) is 0 Å². The van der Waals surface area contributed by atoms with E-state index in [0.717, 1.165) is 40.6 Å². The maximum Gasteiger partial charge on any atom is 0.157 e. The lowest BCUT2D eigenvalue weighted by Crippen LogP contribution is -2.12. The van der Waals surface area contributed by atoms with Gasteiger partial charge in [0.2, 0.25) is 0 Å². The maximum absolute atomic E-state index is 9.17. The summed E-state index contributed by atoms with van der Waals surface area (Å²) in [6, 6.07) is 11.7. The quantitative estimate of drug-likeness (QED) is 0.611. The van der Waals surface area contributed by atoms with E-state index in [0.29, 0.717) is 35.5 Å². The van der Waals surface area contributed by atoms with Gasteiger partial charge in [-0.3, -0.25) is 0 Å². The minimum absolute atomic E-state index is 0.319. The minimum Gasteiger partial charge on any atom is -0.384 e. The Morgan fingerprint density at radius 3 is 2.59 bits per heavy atom. The van der Waals surface area contributed by atoms with Crippen LogP contribution < -0.4 is 5.73 Å². The number of nitrogens with zero attached hydrogens (tertiary/aromatic N) is 7. The topological polar surface area (TPSA) is 110 Å². The second-order valence-corrected chi connectivity index (χ2v) is 9.30. The van der Waals surface area contributed by atoms with Crippen molar-refractivity contribution in [3.63, 3.8) is 0 Å². The van der Waals surface area contributed by atoms with Gasteiger partial charge in [0.05, 0.1) is 23.0 Å². The Balaban J connectivity index is 1.59. The number of hydrogen-bond donors (Lipinski definition) is 1. The second kappa shape index (κ2) is 8.75. The lowest BCUT2D eigenvalue weighted by molar-refractivity contribution is 0.568. The van der Waals surface area contributed by atoms with Crippen molar-refractivity contribution in [2.24, 2.45) is 21.6 Å². The van der Waals surface area contributed by atoms with Crippen molar-refractivity contribution in [3.05, 3.63) is 58.9 Å². The Bertz CT molecular complexity index is 1350. The molecule has 1 aliphatic heterocycles. The highest BCUT2D eigenvalue weighted by molar-refractivity contribution is 5.98. The summed E-state index contributed by atoms with van der Waals surface area (Å²) < 4.78 is 3.80. The van der Waals surface area contributed by atoms with Gasteiger partial charge < -0.3 is 5.73 Å². The van der Waals surface area contributed by atoms with Gasteiger partial charge in [0.15, 0.2) is 11.6 Å². The summed E-state index contributed by atoms with van der Waals surface area (Å²) in [5, 5.41) is 18.8. The van der Waals surface area contributed by atoms with E-state index in [2.05, 4.69) is 26.0 Å². The summed E-state index contributed by atoms with van der Waals surface area (Å²) >= 11 is 0. The van der Waals surface area contributed by atoms with Crippen LogP contribution in [-0.2, 0) is 13.0 Å². The van der Waals surface area contributed by atoms with E-state index in [1.807, 2.05) is 46.8 Å². The molecule has 0 saturated heterocycles. The van der Waals surface area contributed by atoms with Gasteiger partial charge in [-0.2, -0.15) is 15.5 Å². The third-order valence-corrected chi connectivity index (χ3v) is 6.18. The standard InChI is InChI=1S/C26H28N8/c1-16(2)22-12-17(3)34(31-22)24-13-23(28)30-26-21(10-11-29-24)25(32-33(26)15-19-4-5-19)20-8-6-18(14-27)7-9-20/h6-9,11-13,16,19H,4-5,10,15H2,1-3H3,(H2,28,30). The van der Waals surface area contributed by atoms with Crippen LogP contribution >= 0.6 is 0 Å². The second-order valence-electron chi connectivity index (χ2n) is 9.30. The number of rotatable bonds is 5.